The summed E-state index contributed by atoms with van der Waals surface area (Å²) >= 11 is 0. The molecule has 5 N–H and O–H groups in total. The van der Waals surface area contributed by atoms with Crippen LogP contribution >= 0.6 is 0 Å². The van der Waals surface area contributed by atoms with Crippen LogP contribution in [0.5, 0.6) is 5.75 Å². The van der Waals surface area contributed by atoms with Crippen LogP contribution in [0.15, 0.2) is 113 Å². The highest BCUT2D eigenvalue weighted by Crippen LogP contribution is 2.77. The van der Waals surface area contributed by atoms with E-state index in [1.807, 2.05) is 32.3 Å². The second-order valence-corrected chi connectivity index (χ2v) is 19.1. The van der Waals surface area contributed by atoms with Crippen LogP contribution in [0.4, 0.5) is 0 Å². The number of nitrogens with one attached hydrogen (secondary N) is 3. The minimum atomic E-state index is -0.907. The number of carbonyl (C=O) groups is 2. The largest absolute Gasteiger partial charge is 0.508 e. The molecule has 8 aliphatic rings. The van der Waals surface area contributed by atoms with E-state index in [-0.39, 0.29) is 60.2 Å². The van der Waals surface area contributed by atoms with Crippen LogP contribution in [0.1, 0.15) is 93.9 Å². The highest BCUT2D eigenvalue weighted by atomic mass is 16.6. The fourth-order valence-electron chi connectivity index (χ4n) is 13.4. The molecule has 3 aromatic carbocycles. The molecule has 5 aliphatic carbocycles. The maximum absolute atomic E-state index is 15.1. The van der Waals surface area contributed by atoms with E-state index in [9.17, 15) is 15.0 Å². The Bertz CT molecular complexity index is 2400. The summed E-state index contributed by atoms with van der Waals surface area (Å²) in [5.41, 5.74) is 7.31. The van der Waals surface area contributed by atoms with Crippen molar-refractivity contribution in [3.63, 3.8) is 0 Å². The van der Waals surface area contributed by atoms with Gasteiger partial charge in [-0.25, -0.2) is 9.59 Å². The van der Waals surface area contributed by atoms with Crippen molar-refractivity contribution in [2.75, 3.05) is 27.2 Å². The number of rotatable bonds is 10. The number of cyclic esters (lactones) is 2. The number of carbonyl (C=O) groups excluding carboxylic acids is 2. The summed E-state index contributed by atoms with van der Waals surface area (Å²) in [5, 5.41) is 32.5. The molecule has 0 amide bonds. The molecule has 1 saturated carbocycles. The number of hydrogen-bond acceptors (Lipinski definition) is 9. The predicted molar refractivity (Wildman–Crippen MR) is 240 cm³/mol. The SMILES string of the molecule is CC[C@H](/C=C1\OC(=O)C2=C3c4cc(O)ccc4-c4cccc(c4)[C@H](NC)CC[C@@]45CCC6=C(C(=O)OC6=CC[C@H](CO)[C@@H]6CCN[C@H](NC)C6)[C@@H]4[C@]21CC[C@@H]35)Cc1ccccc1. The van der Waals surface area contributed by atoms with Crippen molar-refractivity contribution in [2.24, 2.45) is 40.4 Å². The number of phenols is 1. The van der Waals surface area contributed by atoms with E-state index in [1.165, 1.54) is 11.1 Å². The van der Waals surface area contributed by atoms with Crippen molar-refractivity contribution in [1.29, 1.82) is 0 Å². The molecule has 9 heteroatoms. The van der Waals surface area contributed by atoms with Crippen molar-refractivity contribution >= 4 is 17.5 Å². The third-order valence-electron chi connectivity index (χ3n) is 16.4. The topological polar surface area (TPSA) is 129 Å². The van der Waals surface area contributed by atoms with Crippen molar-refractivity contribution in [3.8, 4) is 16.9 Å². The van der Waals surface area contributed by atoms with Gasteiger partial charge in [0.2, 0.25) is 0 Å². The average Bonchev–Trinajstić information content (AvgIpc) is 3.78. The van der Waals surface area contributed by atoms with Crippen molar-refractivity contribution in [3.05, 3.63) is 130 Å². The van der Waals surface area contributed by atoms with Gasteiger partial charge in [0.25, 0.3) is 0 Å². The number of esters is 2. The van der Waals surface area contributed by atoms with Gasteiger partial charge >= 0.3 is 11.9 Å². The summed E-state index contributed by atoms with van der Waals surface area (Å²) in [6.45, 7) is 3.15. The molecule has 6 bridgehead atoms. The summed E-state index contributed by atoms with van der Waals surface area (Å²) in [6.07, 6.45) is 13.4. The van der Waals surface area contributed by atoms with E-state index in [0.717, 1.165) is 85.7 Å². The van der Waals surface area contributed by atoms with E-state index in [4.69, 9.17) is 9.47 Å². The van der Waals surface area contributed by atoms with Gasteiger partial charge in [-0.2, -0.15) is 0 Å². The second kappa shape index (κ2) is 16.4. The molecule has 0 radical (unpaired) electrons. The van der Waals surface area contributed by atoms with Gasteiger partial charge in [-0.3, -0.25) is 0 Å². The molecule has 62 heavy (non-hydrogen) atoms. The molecular weight excluding hydrogens is 775 g/mol. The third kappa shape index (κ3) is 6.56. The van der Waals surface area contributed by atoms with Crippen molar-refractivity contribution in [1.82, 2.24) is 16.0 Å². The van der Waals surface area contributed by atoms with Gasteiger partial charge in [-0.1, -0.05) is 61.5 Å². The Kier molecular flexibility index (Phi) is 10.9. The molecule has 11 rings (SSSR count). The zero-order valence-corrected chi connectivity index (χ0v) is 36.3. The number of aliphatic hydroxyl groups excluding tert-OH is 1. The monoisotopic (exact) mass is 835 g/mol. The molecule has 0 unspecified atom stereocenters. The number of aliphatic hydroxyl groups is 1. The molecule has 9 atom stereocenters. The van der Waals surface area contributed by atoms with Gasteiger partial charge in [-0.05, 0) is 184 Å². The Morgan fingerprint density at radius 2 is 1.76 bits per heavy atom. The Morgan fingerprint density at radius 3 is 2.55 bits per heavy atom. The maximum atomic E-state index is 15.1. The predicted octanol–water partition coefficient (Wildman–Crippen LogP) is 8.66. The van der Waals surface area contributed by atoms with Gasteiger partial charge in [0.05, 0.1) is 17.2 Å². The van der Waals surface area contributed by atoms with Gasteiger partial charge in [-0.15, -0.1) is 0 Å². The number of fused-ring (bicyclic) bond motifs is 5. The number of ether oxygens (including phenoxy) is 2. The number of allylic oxidation sites excluding steroid dienone is 5. The first kappa shape index (κ1) is 41.2. The third-order valence-corrected chi connectivity index (χ3v) is 16.4. The summed E-state index contributed by atoms with van der Waals surface area (Å²) in [7, 11) is 4.00. The smallest absolute Gasteiger partial charge is 0.340 e. The molecule has 9 nitrogen and oxygen atoms in total. The van der Waals surface area contributed by atoms with Crippen LogP contribution in [-0.2, 0) is 25.5 Å². The van der Waals surface area contributed by atoms with Crippen molar-refractivity contribution in [2.45, 2.75) is 89.8 Å². The summed E-state index contributed by atoms with van der Waals surface area (Å²) in [6, 6.07) is 24.9. The molecule has 3 aromatic rings. The molecule has 2 saturated heterocycles. The summed E-state index contributed by atoms with van der Waals surface area (Å²) in [4.78, 5) is 30.0. The van der Waals surface area contributed by atoms with Crippen LogP contribution < -0.4 is 16.0 Å². The van der Waals surface area contributed by atoms with E-state index in [1.54, 1.807) is 6.07 Å². The van der Waals surface area contributed by atoms with Gasteiger partial charge in [0.1, 0.15) is 17.3 Å². The van der Waals surface area contributed by atoms with Crippen LogP contribution in [0.3, 0.4) is 0 Å². The maximum Gasteiger partial charge on any atom is 0.340 e. The first-order valence-electron chi connectivity index (χ1n) is 23.2. The highest BCUT2D eigenvalue weighted by molar-refractivity contribution is 6.08. The van der Waals surface area contributed by atoms with Gasteiger partial charge in [0.15, 0.2) is 0 Å². The Labute approximate surface area is 365 Å². The minimum absolute atomic E-state index is 0.0427. The van der Waals surface area contributed by atoms with E-state index in [2.05, 4.69) is 83.6 Å². The van der Waals surface area contributed by atoms with Crippen LogP contribution in [-0.4, -0.2) is 55.6 Å². The molecule has 3 fully saturated rings. The summed E-state index contributed by atoms with van der Waals surface area (Å²) in [5.74, 6) is 0.869. The molecule has 324 valence electrons. The molecule has 3 heterocycles. The zero-order chi connectivity index (χ0) is 42.8. The Morgan fingerprint density at radius 1 is 0.903 bits per heavy atom. The van der Waals surface area contributed by atoms with Crippen LogP contribution in [0.25, 0.3) is 16.7 Å². The lowest BCUT2D eigenvalue weighted by Crippen LogP contribution is -2.59. The molecular formula is C53H61N3O6. The average molecular weight is 836 g/mol. The normalized spacial score (nSPS) is 32.1. The lowest BCUT2D eigenvalue weighted by atomic mass is 9.37. The minimum Gasteiger partial charge on any atom is -0.508 e. The zero-order valence-electron chi connectivity index (χ0n) is 36.3. The van der Waals surface area contributed by atoms with E-state index >= 15 is 4.79 Å². The fourth-order valence-corrected chi connectivity index (χ4v) is 13.4. The standard InChI is InChI=1S/C53H61N3O6/c1-4-31(25-32-9-6-5-7-10-32)26-44-53-23-18-41-46(48(53)51(60)62-44)40-29-37(58)14-15-38(40)34-11-8-12-35(27-34)42(54-2)19-22-52(41)21-17-39-43(61-50(59)47(39)49(52)53)16-13-36(30-57)33-20-24-56-45(28-33)55-3/h5-12,14-16,26-27,29,31,33,36,41-42,45,49,54-58H,4,13,17-25,28,30H2,1-3H3/b43-16?,44-26-/t31-,33+,36+,41-,42+,45-,49-,52+,53-/m0/s1. The number of benzene rings is 3. The van der Waals surface area contributed by atoms with Gasteiger partial charge in [0, 0.05) is 29.7 Å². The fraction of sp³-hybridized carbons (Fsp3) is 0.472. The number of aromatic hydroxyl groups is 1. The molecule has 3 aliphatic heterocycles. The lowest BCUT2D eigenvalue weighted by Gasteiger charge is -2.63. The first-order valence-corrected chi connectivity index (χ1v) is 23.2. The van der Waals surface area contributed by atoms with Crippen molar-refractivity contribution < 1.29 is 29.3 Å². The lowest BCUT2D eigenvalue weighted by molar-refractivity contribution is -0.136. The first-order chi connectivity index (χ1) is 30.2. The molecule has 0 aromatic heterocycles. The van der Waals surface area contributed by atoms with Gasteiger partial charge < -0.3 is 35.6 Å². The number of hydrogen-bond donors (Lipinski definition) is 5. The quantitative estimate of drug-likeness (QED) is 0.128. The molecule has 2 spiro atoms. The summed E-state index contributed by atoms with van der Waals surface area (Å²) < 4.78 is 13.1. The van der Waals surface area contributed by atoms with Crippen LogP contribution in [0, 0.1) is 40.4 Å². The second-order valence-electron chi connectivity index (χ2n) is 19.1. The number of phenolic OH excluding ortho intramolecular Hbond substituents is 1. The van der Waals surface area contributed by atoms with E-state index < -0.39 is 10.8 Å². The van der Waals surface area contributed by atoms with E-state index in [0.29, 0.717) is 47.8 Å². The number of piperidine rings is 1. The van der Waals surface area contributed by atoms with Crippen LogP contribution in [0.2, 0.25) is 0 Å². The Hall–Kier alpha value is -4.80. The highest BCUT2D eigenvalue weighted by Gasteiger charge is 2.73. The Balaban J connectivity index is 1.18.